The highest BCUT2D eigenvalue weighted by molar-refractivity contribution is 7.89. The summed E-state index contributed by atoms with van der Waals surface area (Å²) < 4.78 is 22.5. The third kappa shape index (κ3) is 2.14. The number of likely N-dealkylation sites (tertiary alicyclic amines) is 1. The molecule has 4 atom stereocenters. The maximum absolute atomic E-state index is 12.6. The number of allylic oxidation sites excluding steroid dienone is 2. The van der Waals surface area contributed by atoms with Gasteiger partial charge in [0.05, 0.1) is 23.3 Å². The SMILES string of the molecule is NS(=O)(=O)c1ccc(CN2C(=O)[C@@H]3C4C=CC(C4)[C@@H]3C2=O)cc1. The molecule has 2 N–H and O–H groups in total. The summed E-state index contributed by atoms with van der Waals surface area (Å²) >= 11 is 0. The molecule has 1 saturated carbocycles. The van der Waals surface area contributed by atoms with Crippen LogP contribution in [-0.4, -0.2) is 25.1 Å². The highest BCUT2D eigenvalue weighted by Crippen LogP contribution is 2.52. The molecule has 1 aromatic rings. The van der Waals surface area contributed by atoms with Gasteiger partial charge >= 0.3 is 0 Å². The Hall–Kier alpha value is -1.99. The van der Waals surface area contributed by atoms with E-state index in [1.54, 1.807) is 12.1 Å². The first kappa shape index (κ1) is 14.6. The van der Waals surface area contributed by atoms with Gasteiger partial charge in [-0.3, -0.25) is 14.5 Å². The molecule has 0 radical (unpaired) electrons. The summed E-state index contributed by atoms with van der Waals surface area (Å²) in [6.45, 7) is 0.176. The second kappa shape index (κ2) is 4.75. The van der Waals surface area contributed by atoms with Crippen molar-refractivity contribution in [1.82, 2.24) is 4.90 Å². The number of carbonyl (C=O) groups is 2. The molecular weight excluding hydrogens is 316 g/mol. The van der Waals surface area contributed by atoms with Crippen molar-refractivity contribution in [3.63, 3.8) is 0 Å². The first-order valence-electron chi connectivity index (χ1n) is 7.51. The lowest BCUT2D eigenvalue weighted by molar-refractivity contribution is -0.141. The number of carbonyl (C=O) groups excluding carboxylic acids is 2. The predicted octanol–water partition coefficient (Wildman–Crippen LogP) is 0.641. The minimum Gasteiger partial charge on any atom is -0.278 e. The van der Waals surface area contributed by atoms with Crippen molar-refractivity contribution in [2.24, 2.45) is 28.8 Å². The highest BCUT2D eigenvalue weighted by Gasteiger charge is 2.59. The molecule has 2 unspecified atom stereocenters. The van der Waals surface area contributed by atoms with E-state index in [0.29, 0.717) is 5.56 Å². The molecule has 2 bridgehead atoms. The van der Waals surface area contributed by atoms with Crippen molar-refractivity contribution in [2.45, 2.75) is 17.9 Å². The van der Waals surface area contributed by atoms with E-state index < -0.39 is 10.0 Å². The lowest BCUT2D eigenvalue weighted by atomic mass is 9.85. The number of imide groups is 1. The van der Waals surface area contributed by atoms with Crippen LogP contribution in [0.15, 0.2) is 41.3 Å². The number of hydrogen-bond donors (Lipinski definition) is 1. The van der Waals surface area contributed by atoms with Crippen LogP contribution >= 0.6 is 0 Å². The second-order valence-electron chi connectivity index (χ2n) is 6.45. The molecule has 120 valence electrons. The molecule has 6 nitrogen and oxygen atoms in total. The molecule has 0 aromatic heterocycles. The standard InChI is InChI=1S/C16H16N2O4S/c17-23(21,22)12-5-1-9(2-6-12)8-18-15(19)13-10-3-4-11(7-10)14(13)16(18)20/h1-6,10-11,13-14H,7-8H2,(H2,17,21,22)/t10?,11?,13-,14+. The maximum atomic E-state index is 12.6. The number of nitrogens with zero attached hydrogens (tertiary/aromatic N) is 1. The normalized spacial score (nSPS) is 32.0. The van der Waals surface area contributed by atoms with Gasteiger partial charge < -0.3 is 0 Å². The number of nitrogens with two attached hydrogens (primary N) is 1. The van der Waals surface area contributed by atoms with Crippen LogP contribution in [0.3, 0.4) is 0 Å². The van der Waals surface area contributed by atoms with Gasteiger partial charge in [-0.2, -0.15) is 0 Å². The van der Waals surface area contributed by atoms with Gasteiger partial charge in [0.1, 0.15) is 0 Å². The van der Waals surface area contributed by atoms with E-state index >= 15 is 0 Å². The van der Waals surface area contributed by atoms with E-state index in [-0.39, 0.29) is 46.9 Å². The highest BCUT2D eigenvalue weighted by atomic mass is 32.2. The molecule has 1 aliphatic heterocycles. The van der Waals surface area contributed by atoms with Crippen LogP contribution in [0.4, 0.5) is 0 Å². The lowest BCUT2D eigenvalue weighted by Crippen LogP contribution is -2.32. The molecule has 4 rings (SSSR count). The fourth-order valence-electron chi connectivity index (χ4n) is 4.09. The monoisotopic (exact) mass is 332 g/mol. The van der Waals surface area contributed by atoms with E-state index in [1.807, 2.05) is 0 Å². The molecule has 23 heavy (non-hydrogen) atoms. The summed E-state index contributed by atoms with van der Waals surface area (Å²) in [5.41, 5.74) is 0.708. The molecule has 2 amide bonds. The number of benzene rings is 1. The quantitative estimate of drug-likeness (QED) is 0.649. The Kier molecular flexibility index (Phi) is 3.01. The van der Waals surface area contributed by atoms with Crippen LogP contribution < -0.4 is 5.14 Å². The van der Waals surface area contributed by atoms with Crippen molar-refractivity contribution in [2.75, 3.05) is 0 Å². The van der Waals surface area contributed by atoms with Gasteiger partial charge in [0.15, 0.2) is 0 Å². The maximum Gasteiger partial charge on any atom is 0.238 e. The second-order valence-corrected chi connectivity index (χ2v) is 8.01. The largest absolute Gasteiger partial charge is 0.278 e. The number of hydrogen-bond acceptors (Lipinski definition) is 4. The Morgan fingerprint density at radius 3 is 2.00 bits per heavy atom. The molecule has 3 aliphatic rings. The van der Waals surface area contributed by atoms with Gasteiger partial charge in [-0.25, -0.2) is 13.6 Å². The first-order valence-corrected chi connectivity index (χ1v) is 9.06. The minimum absolute atomic E-state index is 0.0134. The van der Waals surface area contributed by atoms with Gasteiger partial charge in [-0.15, -0.1) is 0 Å². The van der Waals surface area contributed by atoms with Crippen molar-refractivity contribution in [3.8, 4) is 0 Å². The Morgan fingerprint density at radius 2 is 1.52 bits per heavy atom. The van der Waals surface area contributed by atoms with Crippen LogP contribution in [0.1, 0.15) is 12.0 Å². The van der Waals surface area contributed by atoms with Crippen LogP contribution in [0.25, 0.3) is 0 Å². The number of sulfonamides is 1. The third-order valence-corrected chi connectivity index (χ3v) is 6.08. The average molecular weight is 332 g/mol. The smallest absolute Gasteiger partial charge is 0.238 e. The minimum atomic E-state index is -3.74. The van der Waals surface area contributed by atoms with Crippen molar-refractivity contribution in [3.05, 3.63) is 42.0 Å². The van der Waals surface area contributed by atoms with E-state index in [2.05, 4.69) is 12.2 Å². The molecular formula is C16H16N2O4S. The van der Waals surface area contributed by atoms with Crippen LogP contribution in [0.5, 0.6) is 0 Å². The topological polar surface area (TPSA) is 97.5 Å². The molecule has 7 heteroatoms. The van der Waals surface area contributed by atoms with Gasteiger partial charge in [-0.1, -0.05) is 24.3 Å². The lowest BCUT2D eigenvalue weighted by Gasteiger charge is -2.17. The Bertz CT molecular complexity index is 798. The summed E-state index contributed by atoms with van der Waals surface area (Å²) in [4.78, 5) is 26.5. The summed E-state index contributed by atoms with van der Waals surface area (Å²) in [7, 11) is -3.74. The predicted molar refractivity (Wildman–Crippen MR) is 81.1 cm³/mol. The number of fused-ring (bicyclic) bond motifs is 5. The first-order chi connectivity index (χ1) is 10.9. The zero-order chi connectivity index (χ0) is 16.4. The summed E-state index contributed by atoms with van der Waals surface area (Å²) in [6, 6.07) is 5.95. The Balaban J connectivity index is 1.56. The fraction of sp³-hybridized carbons (Fsp3) is 0.375. The number of primary sulfonamides is 1. The third-order valence-electron chi connectivity index (χ3n) is 5.15. The van der Waals surface area contributed by atoms with Crippen LogP contribution in [-0.2, 0) is 26.2 Å². The Morgan fingerprint density at radius 1 is 1.00 bits per heavy atom. The van der Waals surface area contributed by atoms with E-state index in [1.165, 1.54) is 17.0 Å². The zero-order valence-electron chi connectivity index (χ0n) is 12.3. The van der Waals surface area contributed by atoms with Crippen molar-refractivity contribution >= 4 is 21.8 Å². The van der Waals surface area contributed by atoms with Crippen molar-refractivity contribution < 1.29 is 18.0 Å². The van der Waals surface area contributed by atoms with Crippen molar-refractivity contribution in [1.29, 1.82) is 0 Å². The molecule has 2 aliphatic carbocycles. The van der Waals surface area contributed by atoms with E-state index in [4.69, 9.17) is 5.14 Å². The van der Waals surface area contributed by atoms with Gasteiger partial charge in [0.2, 0.25) is 21.8 Å². The molecule has 1 heterocycles. The Labute approximate surface area is 134 Å². The van der Waals surface area contributed by atoms with Gasteiger partial charge in [-0.05, 0) is 36.0 Å². The molecule has 1 saturated heterocycles. The molecule has 2 fully saturated rings. The summed E-state index contributed by atoms with van der Waals surface area (Å²) in [5, 5.41) is 5.06. The van der Waals surface area contributed by atoms with Crippen LogP contribution in [0, 0.1) is 23.7 Å². The summed E-state index contributed by atoms with van der Waals surface area (Å²) in [6.07, 6.45) is 5.02. The van der Waals surface area contributed by atoms with Gasteiger partial charge in [0, 0.05) is 0 Å². The zero-order valence-corrected chi connectivity index (χ0v) is 13.1. The van der Waals surface area contributed by atoms with E-state index in [0.717, 1.165) is 6.42 Å². The fourth-order valence-corrected chi connectivity index (χ4v) is 4.60. The van der Waals surface area contributed by atoms with E-state index in [9.17, 15) is 18.0 Å². The summed E-state index contributed by atoms with van der Waals surface area (Å²) in [5.74, 6) is -0.241. The average Bonchev–Trinajstić information content (AvgIpc) is 3.17. The number of rotatable bonds is 3. The molecule has 1 aromatic carbocycles. The molecule has 0 spiro atoms. The number of amides is 2. The van der Waals surface area contributed by atoms with Gasteiger partial charge in [0.25, 0.3) is 0 Å². The van der Waals surface area contributed by atoms with Crippen LogP contribution in [0.2, 0.25) is 0 Å².